The highest BCUT2D eigenvalue weighted by Gasteiger charge is 3.03. The molecule has 0 aliphatic carbocycles. The Bertz CT molecular complexity index is 380. The Labute approximate surface area is 133 Å². The first-order valence-electron chi connectivity index (χ1n) is 5.77. The molecular formula is C10H6F16. The maximum Gasteiger partial charge on any atom is 0.410 e. The van der Waals surface area contributed by atoms with Crippen molar-refractivity contribution in [1.29, 1.82) is 0 Å². The van der Waals surface area contributed by atoms with Gasteiger partial charge in [-0.3, -0.25) is 0 Å². The van der Waals surface area contributed by atoms with Crippen LogP contribution in [0.25, 0.3) is 0 Å². The summed E-state index contributed by atoms with van der Waals surface area (Å²) in [5, 5.41) is 0. The number of hydrogen-bond donors (Lipinski definition) is 0. The van der Waals surface area contributed by atoms with Crippen LogP contribution in [0.2, 0.25) is 0 Å². The third-order valence-electron chi connectivity index (χ3n) is 3.58. The van der Waals surface area contributed by atoms with E-state index in [1.165, 1.54) is 0 Å². The standard InChI is InChI=1S/C10H6F16/c1-3(11,12)5(7(15,16)17,8(18,19)20)6(4(2,13)14,9(21,22)23)10(24,25)26/h1-2H3. The van der Waals surface area contributed by atoms with Gasteiger partial charge in [-0.15, -0.1) is 0 Å². The Kier molecular flexibility index (Phi) is 5.44. The van der Waals surface area contributed by atoms with E-state index in [1.54, 1.807) is 0 Å². The average molecular weight is 430 g/mol. The minimum absolute atomic E-state index is 1.61. The second kappa shape index (κ2) is 5.69. The van der Waals surface area contributed by atoms with Gasteiger partial charge < -0.3 is 0 Å². The SMILES string of the molecule is CC(F)(F)C(C(F)(F)F)(C(F)(F)F)C(C(C)(F)F)(C(F)(F)F)C(F)(F)F. The number of alkyl halides is 16. The topological polar surface area (TPSA) is 0 Å². The van der Waals surface area contributed by atoms with Crippen molar-refractivity contribution >= 4 is 0 Å². The molecule has 0 amide bonds. The summed E-state index contributed by atoms with van der Waals surface area (Å²) in [7, 11) is 0. The van der Waals surface area contributed by atoms with E-state index >= 15 is 0 Å². The van der Waals surface area contributed by atoms with E-state index in [-0.39, 0.29) is 0 Å². The quantitative estimate of drug-likeness (QED) is 0.448. The van der Waals surface area contributed by atoms with E-state index < -0.39 is 61.2 Å². The molecule has 26 heavy (non-hydrogen) atoms. The normalized spacial score (nSPS) is 16.8. The molecule has 158 valence electrons. The molecule has 0 radical (unpaired) electrons. The summed E-state index contributed by atoms with van der Waals surface area (Å²) in [4.78, 5) is 0. The van der Waals surface area contributed by atoms with Gasteiger partial charge in [0.2, 0.25) is 0 Å². The molecule has 0 aromatic carbocycles. The molecule has 0 aliphatic rings. The molecule has 0 spiro atoms. The predicted molar refractivity (Wildman–Crippen MR) is 50.3 cm³/mol. The molecule has 0 atom stereocenters. The van der Waals surface area contributed by atoms with Crippen molar-refractivity contribution in [2.45, 2.75) is 50.4 Å². The molecule has 0 unspecified atom stereocenters. The average Bonchev–Trinajstić information content (AvgIpc) is 2.12. The summed E-state index contributed by atoms with van der Waals surface area (Å²) in [6.45, 7) is -3.21. The van der Waals surface area contributed by atoms with Gasteiger partial charge in [-0.25, -0.2) is 17.6 Å². The van der Waals surface area contributed by atoms with Crippen LogP contribution in [-0.4, -0.2) is 36.6 Å². The van der Waals surface area contributed by atoms with Crippen molar-refractivity contribution in [3.05, 3.63) is 0 Å². The van der Waals surface area contributed by atoms with Crippen LogP contribution in [0.15, 0.2) is 0 Å². The Hall–Kier alpha value is -1.12. The lowest BCUT2D eigenvalue weighted by atomic mass is 9.54. The molecule has 0 rings (SSSR count). The number of hydrogen-bond acceptors (Lipinski definition) is 0. The van der Waals surface area contributed by atoms with E-state index in [0.29, 0.717) is 0 Å². The summed E-state index contributed by atoms with van der Waals surface area (Å²) in [6, 6.07) is 0. The summed E-state index contributed by atoms with van der Waals surface area (Å²) in [6.07, 6.45) is -32.6. The molecule has 0 fully saturated rings. The van der Waals surface area contributed by atoms with Crippen LogP contribution in [0, 0.1) is 10.8 Å². The molecule has 0 bridgehead atoms. The Morgan fingerprint density at radius 1 is 0.308 bits per heavy atom. The van der Waals surface area contributed by atoms with Gasteiger partial charge in [-0.05, 0) is 0 Å². The molecule has 16 heteroatoms. The molecule has 0 aromatic rings. The third kappa shape index (κ3) is 2.86. The van der Waals surface area contributed by atoms with Gasteiger partial charge in [0.25, 0.3) is 22.7 Å². The highest BCUT2D eigenvalue weighted by molar-refractivity contribution is 5.21. The fourth-order valence-electron chi connectivity index (χ4n) is 2.83. The fraction of sp³-hybridized carbons (Fsp3) is 1.00. The van der Waals surface area contributed by atoms with Crippen molar-refractivity contribution in [2.75, 3.05) is 0 Å². The first-order valence-corrected chi connectivity index (χ1v) is 5.77. The summed E-state index contributed by atoms with van der Waals surface area (Å²) in [5.41, 5.74) is -16.5. The van der Waals surface area contributed by atoms with Crippen molar-refractivity contribution in [1.82, 2.24) is 0 Å². The molecule has 0 nitrogen and oxygen atoms in total. The Morgan fingerprint density at radius 2 is 0.423 bits per heavy atom. The van der Waals surface area contributed by atoms with E-state index in [1.807, 2.05) is 0 Å². The Balaban J connectivity index is 8.17. The van der Waals surface area contributed by atoms with Crippen molar-refractivity contribution in [3.8, 4) is 0 Å². The summed E-state index contributed by atoms with van der Waals surface area (Å²) < 4.78 is 208. The second-order valence-corrected chi connectivity index (χ2v) is 5.27. The van der Waals surface area contributed by atoms with Crippen molar-refractivity contribution in [2.24, 2.45) is 10.8 Å². The van der Waals surface area contributed by atoms with Gasteiger partial charge in [0.05, 0.1) is 0 Å². The van der Waals surface area contributed by atoms with Crippen LogP contribution in [-0.2, 0) is 0 Å². The van der Waals surface area contributed by atoms with E-state index in [4.69, 9.17) is 0 Å². The van der Waals surface area contributed by atoms with Crippen molar-refractivity contribution < 1.29 is 70.2 Å². The van der Waals surface area contributed by atoms with E-state index in [0.717, 1.165) is 0 Å². The highest BCUT2D eigenvalue weighted by Crippen LogP contribution is 2.78. The Morgan fingerprint density at radius 3 is 0.462 bits per heavy atom. The fourth-order valence-corrected chi connectivity index (χ4v) is 2.83. The van der Waals surface area contributed by atoms with Crippen LogP contribution >= 0.6 is 0 Å². The highest BCUT2D eigenvalue weighted by atomic mass is 19.4. The van der Waals surface area contributed by atoms with Gasteiger partial charge in [0.1, 0.15) is 0 Å². The smallest absolute Gasteiger partial charge is 0.206 e. The zero-order valence-electron chi connectivity index (χ0n) is 12.0. The number of halogens is 16. The second-order valence-electron chi connectivity index (χ2n) is 5.27. The lowest BCUT2D eigenvalue weighted by Gasteiger charge is -2.55. The lowest BCUT2D eigenvalue weighted by Crippen LogP contribution is -2.80. The minimum atomic E-state index is -8.26. The van der Waals surface area contributed by atoms with Crippen LogP contribution in [0.3, 0.4) is 0 Å². The minimum Gasteiger partial charge on any atom is -0.206 e. The first-order chi connectivity index (χ1) is 10.8. The van der Waals surface area contributed by atoms with Gasteiger partial charge in [-0.1, -0.05) is 0 Å². The van der Waals surface area contributed by atoms with Gasteiger partial charge in [0, 0.05) is 13.8 Å². The summed E-state index contributed by atoms with van der Waals surface area (Å²) >= 11 is 0. The van der Waals surface area contributed by atoms with E-state index in [2.05, 4.69) is 0 Å². The third-order valence-corrected chi connectivity index (χ3v) is 3.58. The predicted octanol–water partition coefficient (Wildman–Crippen LogP) is 6.52. The largest absolute Gasteiger partial charge is 0.410 e. The molecule has 0 saturated carbocycles. The van der Waals surface area contributed by atoms with Gasteiger partial charge >= 0.3 is 24.7 Å². The molecule has 0 saturated heterocycles. The zero-order valence-corrected chi connectivity index (χ0v) is 12.0. The molecule has 0 heterocycles. The van der Waals surface area contributed by atoms with Crippen LogP contribution in [0.1, 0.15) is 13.8 Å². The number of rotatable bonds is 3. The molecule has 0 aromatic heterocycles. The van der Waals surface area contributed by atoms with Crippen LogP contribution in [0.4, 0.5) is 70.2 Å². The summed E-state index contributed by atoms with van der Waals surface area (Å²) in [5.74, 6) is -14.1. The maximum absolute atomic E-state index is 13.3. The maximum atomic E-state index is 13.3. The van der Waals surface area contributed by atoms with Gasteiger partial charge in [0.15, 0.2) is 0 Å². The molecular weight excluding hydrogens is 424 g/mol. The van der Waals surface area contributed by atoms with E-state index in [9.17, 15) is 70.2 Å². The molecule has 0 N–H and O–H groups in total. The van der Waals surface area contributed by atoms with Crippen LogP contribution in [0.5, 0.6) is 0 Å². The lowest BCUT2D eigenvalue weighted by molar-refractivity contribution is -0.534. The molecule has 0 aliphatic heterocycles. The first kappa shape index (κ1) is 24.9. The van der Waals surface area contributed by atoms with Crippen LogP contribution < -0.4 is 0 Å². The van der Waals surface area contributed by atoms with Gasteiger partial charge in [-0.2, -0.15) is 52.7 Å². The van der Waals surface area contributed by atoms with Crippen molar-refractivity contribution in [3.63, 3.8) is 0 Å². The monoisotopic (exact) mass is 430 g/mol. The zero-order chi connectivity index (χ0) is 22.0.